The van der Waals surface area contributed by atoms with E-state index in [4.69, 9.17) is 18.9 Å². The zero-order valence-corrected chi connectivity index (χ0v) is 19.6. The van der Waals surface area contributed by atoms with Gasteiger partial charge in [-0.25, -0.2) is 4.99 Å². The van der Waals surface area contributed by atoms with E-state index < -0.39 is 0 Å². The number of hydrogen-bond acceptors (Lipinski definition) is 4. The molecule has 29 heavy (non-hydrogen) atoms. The number of nitrogens with one attached hydrogen (secondary N) is 2. The second-order valence-corrected chi connectivity index (χ2v) is 7.37. The van der Waals surface area contributed by atoms with Crippen LogP contribution in [0.25, 0.3) is 0 Å². The highest BCUT2D eigenvalue weighted by molar-refractivity contribution is 14.0. The van der Waals surface area contributed by atoms with Crippen LogP contribution >= 0.6 is 24.0 Å². The number of aliphatic imine (C=N–C) groups is 1. The van der Waals surface area contributed by atoms with Crippen LogP contribution < -0.4 is 15.4 Å². The van der Waals surface area contributed by atoms with Gasteiger partial charge in [-0.3, -0.25) is 0 Å². The molecule has 0 radical (unpaired) electrons. The van der Waals surface area contributed by atoms with E-state index in [2.05, 4.69) is 10.6 Å². The van der Waals surface area contributed by atoms with Crippen molar-refractivity contribution in [3.05, 3.63) is 54.0 Å². The molecule has 1 aromatic carbocycles. The monoisotopic (exact) mass is 513 g/mol. The maximum absolute atomic E-state index is 5.41. The number of nitrogens with zero attached hydrogens (tertiary/aromatic N) is 1. The molecular weight excluding hydrogens is 481 g/mol. The van der Waals surface area contributed by atoms with E-state index in [1.807, 2.05) is 36.4 Å². The lowest BCUT2D eigenvalue weighted by molar-refractivity contribution is 0.172. The number of rotatable bonds is 11. The van der Waals surface area contributed by atoms with Gasteiger partial charge in [0.25, 0.3) is 0 Å². The number of hydrogen-bond donors (Lipinski definition) is 2. The first-order valence-corrected chi connectivity index (χ1v) is 9.89. The first kappa shape index (κ1) is 23.5. The summed E-state index contributed by atoms with van der Waals surface area (Å²) in [5.74, 6) is 2.67. The fourth-order valence-corrected chi connectivity index (χ4v) is 3.12. The molecule has 0 unspecified atom stereocenters. The number of benzene rings is 1. The molecule has 6 nitrogen and oxygen atoms in total. The molecule has 1 aliphatic carbocycles. The molecular formula is C22H32IN3O3. The van der Waals surface area contributed by atoms with Gasteiger partial charge < -0.3 is 24.5 Å². The number of halogens is 1. The first-order valence-electron chi connectivity index (χ1n) is 9.89. The van der Waals surface area contributed by atoms with Gasteiger partial charge in [-0.15, -0.1) is 24.0 Å². The highest BCUT2D eigenvalue weighted by Gasteiger charge is 2.41. The van der Waals surface area contributed by atoms with Crippen LogP contribution in [0.2, 0.25) is 0 Å². The average Bonchev–Trinajstić information content (AvgIpc) is 3.31. The topological polar surface area (TPSA) is 68.0 Å². The molecule has 1 heterocycles. The summed E-state index contributed by atoms with van der Waals surface area (Å²) >= 11 is 0. The SMILES string of the molecule is COCCC1(CNC(=NCc2ccc(OC)cc2)NCCc2ccco2)CC1.I. The lowest BCUT2D eigenvalue weighted by atomic mass is 10.0. The lowest BCUT2D eigenvalue weighted by Crippen LogP contribution is -2.41. The molecule has 0 atom stereocenters. The van der Waals surface area contributed by atoms with E-state index in [1.165, 1.54) is 12.8 Å². The Bertz CT molecular complexity index is 728. The minimum absolute atomic E-state index is 0. The van der Waals surface area contributed by atoms with Crippen molar-refractivity contribution in [2.75, 3.05) is 33.9 Å². The molecule has 1 aromatic heterocycles. The smallest absolute Gasteiger partial charge is 0.191 e. The van der Waals surface area contributed by atoms with Gasteiger partial charge in [0.15, 0.2) is 5.96 Å². The quantitative estimate of drug-likeness (QED) is 0.270. The third-order valence-electron chi connectivity index (χ3n) is 5.25. The second kappa shape index (κ2) is 12.1. The summed E-state index contributed by atoms with van der Waals surface area (Å²) in [6.45, 7) is 3.12. The summed E-state index contributed by atoms with van der Waals surface area (Å²) in [5, 5.41) is 6.96. The Morgan fingerprint density at radius 2 is 1.93 bits per heavy atom. The van der Waals surface area contributed by atoms with Crippen LogP contribution in [-0.2, 0) is 17.7 Å². The largest absolute Gasteiger partial charge is 0.497 e. The molecule has 0 amide bonds. The van der Waals surface area contributed by atoms with Gasteiger partial charge in [-0.05, 0) is 54.5 Å². The van der Waals surface area contributed by atoms with Crippen molar-refractivity contribution in [2.45, 2.75) is 32.2 Å². The van der Waals surface area contributed by atoms with Crippen LogP contribution in [0.5, 0.6) is 5.75 Å². The fourth-order valence-electron chi connectivity index (χ4n) is 3.12. The van der Waals surface area contributed by atoms with Crippen molar-refractivity contribution in [3.8, 4) is 5.75 Å². The molecule has 2 aromatic rings. The van der Waals surface area contributed by atoms with Gasteiger partial charge in [-0.2, -0.15) is 0 Å². The number of furan rings is 1. The molecule has 7 heteroatoms. The van der Waals surface area contributed by atoms with Crippen molar-refractivity contribution in [2.24, 2.45) is 10.4 Å². The van der Waals surface area contributed by atoms with Crippen molar-refractivity contribution < 1.29 is 13.9 Å². The average molecular weight is 513 g/mol. The van der Waals surface area contributed by atoms with Gasteiger partial charge in [0.05, 0.1) is 19.9 Å². The number of guanidine groups is 1. The van der Waals surface area contributed by atoms with E-state index in [1.54, 1.807) is 20.5 Å². The lowest BCUT2D eigenvalue weighted by Gasteiger charge is -2.18. The van der Waals surface area contributed by atoms with Crippen LogP contribution in [0.1, 0.15) is 30.6 Å². The van der Waals surface area contributed by atoms with Crippen molar-refractivity contribution in [1.29, 1.82) is 0 Å². The Labute approximate surface area is 190 Å². The molecule has 3 rings (SSSR count). The summed E-state index contributed by atoms with van der Waals surface area (Å²) in [7, 11) is 3.44. The predicted molar refractivity (Wildman–Crippen MR) is 126 cm³/mol. The molecule has 1 saturated carbocycles. The zero-order chi connectivity index (χ0) is 19.7. The maximum atomic E-state index is 5.41. The molecule has 2 N–H and O–H groups in total. The Hall–Kier alpha value is -1.74. The molecule has 0 saturated heterocycles. The molecule has 0 bridgehead atoms. The van der Waals surface area contributed by atoms with Crippen molar-refractivity contribution in [1.82, 2.24) is 10.6 Å². The van der Waals surface area contributed by atoms with Crippen molar-refractivity contribution >= 4 is 29.9 Å². The first-order chi connectivity index (χ1) is 13.7. The Balaban J connectivity index is 0.00000300. The zero-order valence-electron chi connectivity index (χ0n) is 17.3. The third kappa shape index (κ3) is 7.89. The summed E-state index contributed by atoms with van der Waals surface area (Å²) in [6, 6.07) is 11.9. The van der Waals surface area contributed by atoms with Crippen LogP contribution in [-0.4, -0.2) is 39.9 Å². The van der Waals surface area contributed by atoms with Gasteiger partial charge in [0, 0.05) is 33.2 Å². The molecule has 1 fully saturated rings. The standard InChI is InChI=1S/C22H31N3O3.HI/c1-26-15-12-22(10-11-22)17-25-21(23-13-9-20-4-3-14-28-20)24-16-18-5-7-19(27-2)8-6-18;/h3-8,14H,9-13,15-17H2,1-2H3,(H2,23,24,25);1H. The van der Waals surface area contributed by atoms with E-state index in [0.29, 0.717) is 12.0 Å². The summed E-state index contributed by atoms with van der Waals surface area (Å²) in [6.07, 6.45) is 6.13. The highest BCUT2D eigenvalue weighted by atomic mass is 127. The maximum Gasteiger partial charge on any atom is 0.191 e. The van der Waals surface area contributed by atoms with E-state index in [0.717, 1.165) is 55.6 Å². The van der Waals surface area contributed by atoms with Gasteiger partial charge in [0.1, 0.15) is 11.5 Å². The van der Waals surface area contributed by atoms with E-state index in [9.17, 15) is 0 Å². The van der Waals surface area contributed by atoms with E-state index in [-0.39, 0.29) is 24.0 Å². The Morgan fingerprint density at radius 1 is 1.14 bits per heavy atom. The summed E-state index contributed by atoms with van der Waals surface area (Å²) in [5.41, 5.74) is 1.51. The molecule has 0 spiro atoms. The summed E-state index contributed by atoms with van der Waals surface area (Å²) in [4.78, 5) is 4.77. The fraction of sp³-hybridized carbons (Fsp3) is 0.500. The minimum Gasteiger partial charge on any atom is -0.497 e. The normalized spacial score (nSPS) is 14.8. The third-order valence-corrected chi connectivity index (χ3v) is 5.25. The number of methoxy groups -OCH3 is 2. The number of ether oxygens (including phenoxy) is 2. The van der Waals surface area contributed by atoms with Crippen LogP contribution in [0.15, 0.2) is 52.1 Å². The Kier molecular flexibility index (Phi) is 9.80. The van der Waals surface area contributed by atoms with Crippen molar-refractivity contribution in [3.63, 3.8) is 0 Å². The predicted octanol–water partition coefficient (Wildman–Crippen LogP) is 4.00. The van der Waals surface area contributed by atoms with Gasteiger partial charge in [0.2, 0.25) is 0 Å². The minimum atomic E-state index is 0. The highest BCUT2D eigenvalue weighted by Crippen LogP contribution is 2.48. The van der Waals surface area contributed by atoms with Gasteiger partial charge in [-0.1, -0.05) is 12.1 Å². The van der Waals surface area contributed by atoms with Gasteiger partial charge >= 0.3 is 0 Å². The second-order valence-electron chi connectivity index (χ2n) is 7.37. The Morgan fingerprint density at radius 3 is 2.55 bits per heavy atom. The van der Waals surface area contributed by atoms with Crippen LogP contribution in [0, 0.1) is 5.41 Å². The molecule has 160 valence electrons. The molecule has 0 aliphatic heterocycles. The van der Waals surface area contributed by atoms with Crippen LogP contribution in [0.3, 0.4) is 0 Å². The van der Waals surface area contributed by atoms with Crippen LogP contribution in [0.4, 0.5) is 0 Å². The van der Waals surface area contributed by atoms with E-state index >= 15 is 0 Å². The molecule has 1 aliphatic rings. The summed E-state index contributed by atoms with van der Waals surface area (Å²) < 4.78 is 15.9.